The molecule has 2 aromatic carbocycles. The van der Waals surface area contributed by atoms with Gasteiger partial charge in [0.1, 0.15) is 5.75 Å². The maximum absolute atomic E-state index is 12.2. The Morgan fingerprint density at radius 3 is 2.39 bits per heavy atom. The fourth-order valence-corrected chi connectivity index (χ4v) is 2.15. The van der Waals surface area contributed by atoms with Gasteiger partial charge in [-0.25, -0.2) is 4.98 Å². The fraction of sp³-hybridized carbons (Fsp3) is 0.0526. The molecule has 3 aromatic rings. The molecule has 1 aromatic heterocycles. The molecular formula is C19H16N2O2. The Kier molecular flexibility index (Phi) is 4.34. The largest absolute Gasteiger partial charge is 0.439 e. The maximum atomic E-state index is 12.2. The second kappa shape index (κ2) is 6.75. The first-order chi connectivity index (χ1) is 11.2. The van der Waals surface area contributed by atoms with Crippen molar-refractivity contribution in [2.45, 2.75) is 6.92 Å². The normalized spacial score (nSPS) is 10.1. The van der Waals surface area contributed by atoms with Crippen LogP contribution in [0.15, 0.2) is 72.9 Å². The van der Waals surface area contributed by atoms with E-state index in [-0.39, 0.29) is 5.91 Å². The van der Waals surface area contributed by atoms with Gasteiger partial charge in [-0.1, -0.05) is 36.4 Å². The second-order valence-corrected chi connectivity index (χ2v) is 5.07. The summed E-state index contributed by atoms with van der Waals surface area (Å²) in [5.41, 5.74) is 2.21. The van der Waals surface area contributed by atoms with Gasteiger partial charge in [-0.15, -0.1) is 0 Å². The molecule has 0 aliphatic heterocycles. The Morgan fingerprint density at radius 2 is 1.70 bits per heavy atom. The van der Waals surface area contributed by atoms with Gasteiger partial charge in [0.05, 0.1) is 11.9 Å². The summed E-state index contributed by atoms with van der Waals surface area (Å²) in [4.78, 5) is 16.4. The zero-order chi connectivity index (χ0) is 16.1. The van der Waals surface area contributed by atoms with Gasteiger partial charge >= 0.3 is 0 Å². The van der Waals surface area contributed by atoms with E-state index in [9.17, 15) is 4.79 Å². The van der Waals surface area contributed by atoms with Crippen LogP contribution < -0.4 is 10.1 Å². The quantitative estimate of drug-likeness (QED) is 0.775. The SMILES string of the molecule is Cc1ccccc1C(=O)Nc1ccc(Oc2ccccc2)nc1. The summed E-state index contributed by atoms with van der Waals surface area (Å²) in [6.07, 6.45) is 1.58. The summed E-state index contributed by atoms with van der Waals surface area (Å²) in [5, 5.41) is 2.83. The minimum Gasteiger partial charge on any atom is -0.439 e. The smallest absolute Gasteiger partial charge is 0.255 e. The van der Waals surface area contributed by atoms with Gasteiger partial charge in [0, 0.05) is 11.6 Å². The summed E-state index contributed by atoms with van der Waals surface area (Å²) >= 11 is 0. The molecule has 4 nitrogen and oxygen atoms in total. The van der Waals surface area contributed by atoms with E-state index in [2.05, 4.69) is 10.3 Å². The minimum atomic E-state index is -0.151. The van der Waals surface area contributed by atoms with E-state index < -0.39 is 0 Å². The third kappa shape index (κ3) is 3.74. The van der Waals surface area contributed by atoms with Crippen LogP contribution in [0.2, 0.25) is 0 Å². The number of rotatable bonds is 4. The molecule has 23 heavy (non-hydrogen) atoms. The van der Waals surface area contributed by atoms with Crippen molar-refractivity contribution >= 4 is 11.6 Å². The number of ether oxygens (including phenoxy) is 1. The number of amides is 1. The molecule has 0 unspecified atom stereocenters. The van der Waals surface area contributed by atoms with Crippen LogP contribution in [0.3, 0.4) is 0 Å². The van der Waals surface area contributed by atoms with E-state index in [0.717, 1.165) is 11.3 Å². The molecule has 0 spiro atoms. The number of hydrogen-bond donors (Lipinski definition) is 1. The number of carbonyl (C=O) groups excluding carboxylic acids is 1. The van der Waals surface area contributed by atoms with Crippen LogP contribution in [0.5, 0.6) is 11.6 Å². The molecule has 4 heteroatoms. The molecule has 3 rings (SSSR count). The van der Waals surface area contributed by atoms with E-state index in [1.807, 2.05) is 55.5 Å². The lowest BCUT2D eigenvalue weighted by molar-refractivity contribution is 0.102. The number of nitrogens with one attached hydrogen (secondary N) is 1. The van der Waals surface area contributed by atoms with Crippen molar-refractivity contribution in [3.05, 3.63) is 84.1 Å². The van der Waals surface area contributed by atoms with E-state index in [4.69, 9.17) is 4.74 Å². The molecule has 0 saturated heterocycles. The first kappa shape index (κ1) is 14.8. The number of aryl methyl sites for hydroxylation is 1. The molecule has 1 heterocycles. The van der Waals surface area contributed by atoms with Gasteiger partial charge in [0.25, 0.3) is 5.91 Å². The number of aromatic nitrogens is 1. The lowest BCUT2D eigenvalue weighted by Crippen LogP contribution is -2.13. The van der Waals surface area contributed by atoms with Gasteiger partial charge in [0.2, 0.25) is 5.88 Å². The zero-order valence-corrected chi connectivity index (χ0v) is 12.7. The van der Waals surface area contributed by atoms with Crippen LogP contribution >= 0.6 is 0 Å². The third-order valence-corrected chi connectivity index (χ3v) is 3.35. The summed E-state index contributed by atoms with van der Waals surface area (Å²) in [5.74, 6) is 1.04. The number of para-hydroxylation sites is 1. The Labute approximate surface area is 134 Å². The first-order valence-corrected chi connectivity index (χ1v) is 7.28. The Morgan fingerprint density at radius 1 is 0.957 bits per heavy atom. The van der Waals surface area contributed by atoms with Crippen molar-refractivity contribution in [1.29, 1.82) is 0 Å². The molecule has 1 N–H and O–H groups in total. The second-order valence-electron chi connectivity index (χ2n) is 5.07. The van der Waals surface area contributed by atoms with Crippen LogP contribution in [-0.2, 0) is 0 Å². The van der Waals surface area contributed by atoms with Gasteiger partial charge in [0.15, 0.2) is 0 Å². The number of benzene rings is 2. The highest BCUT2D eigenvalue weighted by Crippen LogP contribution is 2.20. The van der Waals surface area contributed by atoms with E-state index in [1.54, 1.807) is 24.4 Å². The van der Waals surface area contributed by atoms with E-state index in [1.165, 1.54) is 0 Å². The Balaban J connectivity index is 1.68. The van der Waals surface area contributed by atoms with Gasteiger partial charge in [-0.05, 0) is 36.8 Å². The molecule has 1 amide bonds. The van der Waals surface area contributed by atoms with Crippen molar-refractivity contribution in [1.82, 2.24) is 4.98 Å². The van der Waals surface area contributed by atoms with Crippen LogP contribution in [0.25, 0.3) is 0 Å². The number of nitrogens with zero attached hydrogens (tertiary/aromatic N) is 1. The van der Waals surface area contributed by atoms with Crippen molar-refractivity contribution < 1.29 is 9.53 Å². The van der Waals surface area contributed by atoms with Crippen LogP contribution in [-0.4, -0.2) is 10.9 Å². The van der Waals surface area contributed by atoms with Crippen LogP contribution in [0, 0.1) is 6.92 Å². The third-order valence-electron chi connectivity index (χ3n) is 3.35. The molecule has 0 saturated carbocycles. The van der Waals surface area contributed by atoms with E-state index >= 15 is 0 Å². The van der Waals surface area contributed by atoms with Gasteiger partial charge in [-0.2, -0.15) is 0 Å². The highest BCUT2D eigenvalue weighted by atomic mass is 16.5. The number of hydrogen-bond acceptors (Lipinski definition) is 3. The molecule has 114 valence electrons. The predicted octanol–water partition coefficient (Wildman–Crippen LogP) is 4.43. The van der Waals surface area contributed by atoms with Gasteiger partial charge in [-0.3, -0.25) is 4.79 Å². The fourth-order valence-electron chi connectivity index (χ4n) is 2.15. The lowest BCUT2D eigenvalue weighted by Gasteiger charge is -2.08. The predicted molar refractivity (Wildman–Crippen MR) is 89.9 cm³/mol. The zero-order valence-electron chi connectivity index (χ0n) is 12.7. The highest BCUT2D eigenvalue weighted by molar-refractivity contribution is 6.05. The van der Waals surface area contributed by atoms with E-state index in [0.29, 0.717) is 17.1 Å². The molecule has 0 radical (unpaired) electrons. The summed E-state index contributed by atoms with van der Waals surface area (Å²) < 4.78 is 5.62. The minimum absolute atomic E-state index is 0.151. The molecule has 0 aliphatic carbocycles. The maximum Gasteiger partial charge on any atom is 0.255 e. The number of carbonyl (C=O) groups is 1. The molecule has 0 bridgehead atoms. The Hall–Kier alpha value is -3.14. The molecule has 0 atom stereocenters. The molecule has 0 aliphatic rings. The van der Waals surface area contributed by atoms with Crippen molar-refractivity contribution in [2.24, 2.45) is 0 Å². The molecule has 0 fully saturated rings. The number of pyridine rings is 1. The van der Waals surface area contributed by atoms with Crippen molar-refractivity contribution in [3.8, 4) is 11.6 Å². The average molecular weight is 304 g/mol. The standard InChI is InChI=1S/C19H16N2O2/c1-14-7-5-6-10-17(14)19(22)21-15-11-12-18(20-13-15)23-16-8-3-2-4-9-16/h2-13H,1H3,(H,21,22). The Bertz CT molecular complexity index is 799. The van der Waals surface area contributed by atoms with Crippen LogP contribution in [0.1, 0.15) is 15.9 Å². The number of anilines is 1. The van der Waals surface area contributed by atoms with Crippen LogP contribution in [0.4, 0.5) is 5.69 Å². The topological polar surface area (TPSA) is 51.2 Å². The monoisotopic (exact) mass is 304 g/mol. The van der Waals surface area contributed by atoms with Crippen molar-refractivity contribution in [3.63, 3.8) is 0 Å². The summed E-state index contributed by atoms with van der Waals surface area (Å²) in [6.45, 7) is 1.91. The summed E-state index contributed by atoms with van der Waals surface area (Å²) in [7, 11) is 0. The van der Waals surface area contributed by atoms with Crippen molar-refractivity contribution in [2.75, 3.05) is 5.32 Å². The average Bonchev–Trinajstić information content (AvgIpc) is 2.58. The van der Waals surface area contributed by atoms with Gasteiger partial charge < -0.3 is 10.1 Å². The highest BCUT2D eigenvalue weighted by Gasteiger charge is 2.08. The lowest BCUT2D eigenvalue weighted by atomic mass is 10.1. The molecular weight excluding hydrogens is 288 g/mol. The summed E-state index contributed by atoms with van der Waals surface area (Å²) in [6, 6.07) is 20.4. The first-order valence-electron chi connectivity index (χ1n) is 7.28.